The zero-order valence-corrected chi connectivity index (χ0v) is 22.8. The number of carbonyl (C=O) groups is 2. The second-order valence-electron chi connectivity index (χ2n) is 9.17. The van der Waals surface area contributed by atoms with Gasteiger partial charge in [0.1, 0.15) is 5.82 Å². The summed E-state index contributed by atoms with van der Waals surface area (Å²) in [6.07, 6.45) is 0. The third kappa shape index (κ3) is 5.73. The fraction of sp³-hybridized carbons (Fsp3) is 0.286. The van der Waals surface area contributed by atoms with Crippen molar-refractivity contribution in [2.45, 2.75) is 27.3 Å². The average molecular weight is 532 g/mol. The highest BCUT2D eigenvalue weighted by Gasteiger charge is 2.24. The molecule has 1 saturated heterocycles. The van der Waals surface area contributed by atoms with Gasteiger partial charge in [0.05, 0.1) is 33.4 Å². The van der Waals surface area contributed by atoms with Gasteiger partial charge < -0.3 is 15.1 Å². The lowest BCUT2D eigenvalue weighted by Gasteiger charge is -2.37. The summed E-state index contributed by atoms with van der Waals surface area (Å²) in [6, 6.07) is 13.7. The number of pyridine rings is 1. The van der Waals surface area contributed by atoms with Crippen LogP contribution < -0.4 is 15.1 Å². The van der Waals surface area contributed by atoms with Crippen LogP contribution in [-0.4, -0.2) is 47.8 Å². The Hall–Kier alpha value is -3.56. The summed E-state index contributed by atoms with van der Waals surface area (Å²) in [5.41, 5.74) is 5.33. The maximum Gasteiger partial charge on any atom is 0.255 e. The SMILES string of the molecule is CC(=O)c1ccc(N2CCN(c3nc(-c4cc(C)cs4)ccc3C(=O)NCc3csc(C)n3)CC2)cc1. The average Bonchev–Trinajstić information content (AvgIpc) is 3.55. The first-order chi connectivity index (χ1) is 17.9. The summed E-state index contributed by atoms with van der Waals surface area (Å²) >= 11 is 3.24. The molecule has 4 heterocycles. The molecule has 1 N–H and O–H groups in total. The van der Waals surface area contributed by atoms with Crippen LogP contribution in [0.15, 0.2) is 53.2 Å². The predicted molar refractivity (Wildman–Crippen MR) is 151 cm³/mol. The molecule has 1 amide bonds. The highest BCUT2D eigenvalue weighted by molar-refractivity contribution is 7.13. The Morgan fingerprint density at radius 3 is 2.27 bits per heavy atom. The molecule has 1 aromatic carbocycles. The first-order valence-electron chi connectivity index (χ1n) is 12.2. The smallest absolute Gasteiger partial charge is 0.255 e. The highest BCUT2D eigenvalue weighted by Crippen LogP contribution is 2.30. The van der Waals surface area contributed by atoms with Crippen LogP contribution in [0.2, 0.25) is 0 Å². The number of Topliss-reactive ketones (excluding diaryl/α,β-unsaturated/α-hetero) is 1. The van der Waals surface area contributed by atoms with Crippen LogP contribution in [0.25, 0.3) is 10.6 Å². The van der Waals surface area contributed by atoms with Crippen molar-refractivity contribution < 1.29 is 9.59 Å². The quantitative estimate of drug-likeness (QED) is 0.324. The second kappa shape index (κ2) is 10.8. The Morgan fingerprint density at radius 1 is 0.919 bits per heavy atom. The van der Waals surface area contributed by atoms with E-state index in [4.69, 9.17) is 4.98 Å². The molecule has 1 aliphatic rings. The number of piperazine rings is 1. The zero-order valence-electron chi connectivity index (χ0n) is 21.2. The molecular formula is C28H29N5O2S2. The molecular weight excluding hydrogens is 502 g/mol. The van der Waals surface area contributed by atoms with E-state index in [0.717, 1.165) is 58.7 Å². The summed E-state index contributed by atoms with van der Waals surface area (Å²) in [6.45, 7) is 9.06. The molecule has 0 unspecified atom stereocenters. The summed E-state index contributed by atoms with van der Waals surface area (Å²) in [7, 11) is 0. The number of hydrogen-bond donors (Lipinski definition) is 1. The predicted octanol–water partition coefficient (Wildman–Crippen LogP) is 5.34. The highest BCUT2D eigenvalue weighted by atomic mass is 32.1. The number of thiophene rings is 1. The van der Waals surface area contributed by atoms with E-state index in [0.29, 0.717) is 17.9 Å². The second-order valence-corrected chi connectivity index (χ2v) is 11.1. The first kappa shape index (κ1) is 25.1. The molecule has 4 aromatic rings. The topological polar surface area (TPSA) is 78.4 Å². The van der Waals surface area contributed by atoms with Crippen LogP contribution >= 0.6 is 22.7 Å². The molecule has 0 spiro atoms. The van der Waals surface area contributed by atoms with Gasteiger partial charge in [-0.05, 0) is 74.2 Å². The van der Waals surface area contributed by atoms with Crippen LogP contribution in [-0.2, 0) is 6.54 Å². The molecule has 0 saturated carbocycles. The molecule has 0 atom stereocenters. The van der Waals surface area contributed by atoms with Gasteiger partial charge in [-0.3, -0.25) is 9.59 Å². The lowest BCUT2D eigenvalue weighted by molar-refractivity contribution is 0.0949. The number of aryl methyl sites for hydroxylation is 2. The fourth-order valence-corrected chi connectivity index (χ4v) is 5.89. The van der Waals surface area contributed by atoms with Gasteiger partial charge in [0.2, 0.25) is 0 Å². The number of carbonyl (C=O) groups excluding carboxylic acids is 2. The van der Waals surface area contributed by atoms with Crippen molar-refractivity contribution in [3.8, 4) is 10.6 Å². The minimum atomic E-state index is -0.149. The first-order valence-corrected chi connectivity index (χ1v) is 14.0. The van der Waals surface area contributed by atoms with Crippen LogP contribution in [0.5, 0.6) is 0 Å². The van der Waals surface area contributed by atoms with Gasteiger partial charge in [0, 0.05) is 42.8 Å². The molecule has 9 heteroatoms. The van der Waals surface area contributed by atoms with E-state index < -0.39 is 0 Å². The molecule has 5 rings (SSSR count). The van der Waals surface area contributed by atoms with Crippen LogP contribution in [0.4, 0.5) is 11.5 Å². The number of benzene rings is 1. The monoisotopic (exact) mass is 531 g/mol. The number of nitrogens with zero attached hydrogens (tertiary/aromatic N) is 4. The van der Waals surface area contributed by atoms with E-state index in [2.05, 4.69) is 38.5 Å². The molecule has 37 heavy (non-hydrogen) atoms. The molecule has 1 aliphatic heterocycles. The molecule has 0 aliphatic carbocycles. The normalized spacial score (nSPS) is 13.6. The van der Waals surface area contributed by atoms with E-state index in [9.17, 15) is 9.59 Å². The van der Waals surface area contributed by atoms with Crippen LogP contribution in [0.3, 0.4) is 0 Å². The molecule has 0 radical (unpaired) electrons. The van der Waals surface area contributed by atoms with Crippen molar-refractivity contribution in [1.29, 1.82) is 0 Å². The maximum atomic E-state index is 13.3. The molecule has 7 nitrogen and oxygen atoms in total. The maximum absolute atomic E-state index is 13.3. The Balaban J connectivity index is 1.36. The number of amides is 1. The van der Waals surface area contributed by atoms with Gasteiger partial charge in [-0.25, -0.2) is 9.97 Å². The number of aromatic nitrogens is 2. The zero-order chi connectivity index (χ0) is 25.9. The molecule has 0 bridgehead atoms. The fourth-order valence-electron chi connectivity index (χ4n) is 4.41. The van der Waals surface area contributed by atoms with E-state index in [-0.39, 0.29) is 11.7 Å². The third-order valence-electron chi connectivity index (χ3n) is 6.42. The van der Waals surface area contributed by atoms with E-state index in [1.165, 1.54) is 5.56 Å². The summed E-state index contributed by atoms with van der Waals surface area (Å²) in [4.78, 5) is 39.9. The third-order valence-corrected chi connectivity index (χ3v) is 8.31. The minimum Gasteiger partial charge on any atom is -0.368 e. The summed E-state index contributed by atoms with van der Waals surface area (Å²) < 4.78 is 0. The lowest BCUT2D eigenvalue weighted by Crippen LogP contribution is -2.47. The molecule has 1 fully saturated rings. The van der Waals surface area contributed by atoms with Crippen molar-refractivity contribution in [2.24, 2.45) is 0 Å². The number of ketones is 1. The number of anilines is 2. The van der Waals surface area contributed by atoms with Crippen molar-refractivity contribution in [1.82, 2.24) is 15.3 Å². The van der Waals surface area contributed by atoms with Gasteiger partial charge in [0.15, 0.2) is 5.78 Å². The Bertz CT molecular complexity index is 1420. The van der Waals surface area contributed by atoms with Gasteiger partial charge >= 0.3 is 0 Å². The molecule has 190 valence electrons. The summed E-state index contributed by atoms with van der Waals surface area (Å²) in [5.74, 6) is 0.630. The minimum absolute atomic E-state index is 0.0685. The van der Waals surface area contributed by atoms with Gasteiger partial charge in [-0.2, -0.15) is 0 Å². The van der Waals surface area contributed by atoms with Crippen molar-refractivity contribution in [3.63, 3.8) is 0 Å². The van der Waals surface area contributed by atoms with E-state index in [1.807, 2.05) is 48.7 Å². The van der Waals surface area contributed by atoms with Crippen LogP contribution in [0.1, 0.15) is 43.9 Å². The number of rotatable bonds is 7. The Labute approximate surface area is 224 Å². The van der Waals surface area contributed by atoms with Crippen LogP contribution in [0, 0.1) is 13.8 Å². The Kier molecular flexibility index (Phi) is 7.34. The van der Waals surface area contributed by atoms with Gasteiger partial charge in [-0.1, -0.05) is 0 Å². The Morgan fingerprint density at radius 2 is 1.65 bits per heavy atom. The lowest BCUT2D eigenvalue weighted by atomic mass is 10.1. The van der Waals surface area contributed by atoms with Gasteiger partial charge in [0.25, 0.3) is 5.91 Å². The largest absolute Gasteiger partial charge is 0.368 e. The van der Waals surface area contributed by atoms with E-state index >= 15 is 0 Å². The molecule has 3 aromatic heterocycles. The van der Waals surface area contributed by atoms with Gasteiger partial charge in [-0.15, -0.1) is 22.7 Å². The van der Waals surface area contributed by atoms with Crippen molar-refractivity contribution in [2.75, 3.05) is 36.0 Å². The number of nitrogens with one attached hydrogen (secondary N) is 1. The van der Waals surface area contributed by atoms with Crippen molar-refractivity contribution in [3.05, 3.63) is 80.6 Å². The number of thiazole rings is 1. The standard InChI is InChI=1S/C28H29N5O2S2/c1-18-14-26(37-16-18)25-9-8-24(28(35)29-15-22-17-36-20(3)30-22)27(31-25)33-12-10-32(11-13-33)23-6-4-21(5-7-23)19(2)34/h4-9,14,16-17H,10-13,15H2,1-3H3,(H,29,35). The van der Waals surface area contributed by atoms with E-state index in [1.54, 1.807) is 29.6 Å². The number of hydrogen-bond acceptors (Lipinski definition) is 8. The summed E-state index contributed by atoms with van der Waals surface area (Å²) in [5, 5.41) is 8.09. The van der Waals surface area contributed by atoms with Crippen molar-refractivity contribution >= 4 is 45.9 Å².